The lowest BCUT2D eigenvalue weighted by atomic mass is 9.95. The molecule has 0 fully saturated rings. The fraction of sp³-hybridized carbons (Fsp3) is 0.300. The largest absolute Gasteiger partial charge is 0.462 e. The van der Waals surface area contributed by atoms with Crippen LogP contribution in [0.2, 0.25) is 0 Å². The van der Waals surface area contributed by atoms with Gasteiger partial charge in [0.25, 0.3) is 5.91 Å². The molecule has 0 aliphatic heterocycles. The van der Waals surface area contributed by atoms with Gasteiger partial charge < -0.3 is 10.1 Å². The summed E-state index contributed by atoms with van der Waals surface area (Å²) in [6, 6.07) is 15.8. The molecular formula is C30H30N2O3S. The number of aromatic nitrogens is 1. The van der Waals surface area contributed by atoms with Crippen LogP contribution in [0.3, 0.4) is 0 Å². The lowest BCUT2D eigenvalue weighted by molar-refractivity contribution is 0.0505. The van der Waals surface area contributed by atoms with Crippen molar-refractivity contribution in [2.24, 2.45) is 0 Å². The molecule has 1 aliphatic rings. The number of thiophene rings is 1. The van der Waals surface area contributed by atoms with E-state index in [2.05, 4.69) is 37.4 Å². The Morgan fingerprint density at radius 1 is 1.06 bits per heavy atom. The number of fused-ring (bicyclic) bond motifs is 2. The van der Waals surface area contributed by atoms with E-state index in [4.69, 9.17) is 9.72 Å². The summed E-state index contributed by atoms with van der Waals surface area (Å²) >= 11 is 1.51. The molecule has 0 spiro atoms. The first kappa shape index (κ1) is 24.2. The monoisotopic (exact) mass is 498 g/mol. The van der Waals surface area contributed by atoms with Crippen LogP contribution in [-0.4, -0.2) is 23.5 Å². The van der Waals surface area contributed by atoms with Crippen LogP contribution in [0.25, 0.3) is 22.2 Å². The molecule has 36 heavy (non-hydrogen) atoms. The minimum Gasteiger partial charge on any atom is -0.462 e. The number of benzene rings is 2. The fourth-order valence-corrected chi connectivity index (χ4v) is 6.18. The van der Waals surface area contributed by atoms with Crippen molar-refractivity contribution in [2.75, 3.05) is 11.9 Å². The van der Waals surface area contributed by atoms with Crippen molar-refractivity contribution in [3.63, 3.8) is 0 Å². The van der Waals surface area contributed by atoms with E-state index in [1.165, 1.54) is 21.8 Å². The molecule has 0 radical (unpaired) electrons. The van der Waals surface area contributed by atoms with Gasteiger partial charge in [0.05, 0.1) is 28.9 Å². The zero-order chi connectivity index (χ0) is 25.2. The number of hydrogen-bond donors (Lipinski definition) is 1. The van der Waals surface area contributed by atoms with Crippen LogP contribution >= 0.6 is 11.3 Å². The number of nitrogens with one attached hydrogen (secondary N) is 1. The smallest absolute Gasteiger partial charge is 0.341 e. The van der Waals surface area contributed by atoms with E-state index in [-0.39, 0.29) is 11.9 Å². The third kappa shape index (κ3) is 4.65. The Balaban J connectivity index is 1.57. The summed E-state index contributed by atoms with van der Waals surface area (Å²) in [6.07, 6.45) is 4.66. The van der Waals surface area contributed by atoms with Crippen LogP contribution in [0.4, 0.5) is 5.00 Å². The zero-order valence-electron chi connectivity index (χ0n) is 20.9. The number of pyridine rings is 1. The van der Waals surface area contributed by atoms with E-state index in [1.54, 1.807) is 0 Å². The van der Waals surface area contributed by atoms with Gasteiger partial charge in [-0.15, -0.1) is 11.3 Å². The van der Waals surface area contributed by atoms with Crippen molar-refractivity contribution >= 4 is 39.1 Å². The van der Waals surface area contributed by atoms with Crippen LogP contribution in [0.5, 0.6) is 0 Å². The van der Waals surface area contributed by atoms with Crippen molar-refractivity contribution in [1.82, 2.24) is 4.98 Å². The molecule has 5 nitrogen and oxygen atoms in total. The summed E-state index contributed by atoms with van der Waals surface area (Å²) in [5.41, 5.74) is 6.90. The number of esters is 1. The molecule has 5 rings (SSSR count). The maximum absolute atomic E-state index is 13.8. The minimum absolute atomic E-state index is 0.247. The molecule has 6 heteroatoms. The van der Waals surface area contributed by atoms with Gasteiger partial charge in [-0.05, 0) is 69.2 Å². The SMILES string of the molecule is CCCOC(=O)c1c(NC(=O)c2cc(-c3ccc(C)cc3C)nc3ccccc23)sc2c1CCCC2. The number of carbonyl (C=O) groups excluding carboxylic acids is 2. The maximum atomic E-state index is 13.8. The lowest BCUT2D eigenvalue weighted by Gasteiger charge is -2.13. The van der Waals surface area contributed by atoms with Crippen LogP contribution in [0, 0.1) is 13.8 Å². The molecule has 0 saturated heterocycles. The van der Waals surface area contributed by atoms with Gasteiger partial charge in [0.15, 0.2) is 0 Å². The number of para-hydroxylation sites is 1. The first-order valence-electron chi connectivity index (χ1n) is 12.6. The van der Waals surface area contributed by atoms with Gasteiger partial charge in [0.1, 0.15) is 5.00 Å². The van der Waals surface area contributed by atoms with Crippen LogP contribution < -0.4 is 5.32 Å². The third-order valence-electron chi connectivity index (χ3n) is 6.66. The summed E-state index contributed by atoms with van der Waals surface area (Å²) in [6.45, 7) is 6.46. The topological polar surface area (TPSA) is 68.3 Å². The molecule has 0 atom stereocenters. The first-order chi connectivity index (χ1) is 17.5. The standard InChI is InChI=1S/C30H30N2O3S/c1-4-15-35-30(34)27-22-10-6-8-12-26(22)36-29(27)32-28(33)23-17-25(20-14-13-18(2)16-19(20)3)31-24-11-7-5-9-21(23)24/h5,7,9,11,13-14,16-17H,4,6,8,10,12,15H2,1-3H3,(H,32,33). The van der Waals surface area contributed by atoms with E-state index in [0.29, 0.717) is 22.7 Å². The maximum Gasteiger partial charge on any atom is 0.341 e. The zero-order valence-corrected chi connectivity index (χ0v) is 21.8. The van der Waals surface area contributed by atoms with E-state index >= 15 is 0 Å². The van der Waals surface area contributed by atoms with Crippen molar-refractivity contribution in [3.05, 3.63) is 81.2 Å². The molecule has 0 saturated carbocycles. The average Bonchev–Trinajstić information content (AvgIpc) is 3.24. The number of nitrogens with zero attached hydrogens (tertiary/aromatic N) is 1. The van der Waals surface area contributed by atoms with Crippen molar-refractivity contribution in [3.8, 4) is 11.3 Å². The molecule has 0 bridgehead atoms. The molecule has 2 aromatic carbocycles. The van der Waals surface area contributed by atoms with Crippen molar-refractivity contribution in [1.29, 1.82) is 0 Å². The summed E-state index contributed by atoms with van der Waals surface area (Å²) in [4.78, 5) is 32.8. The normalized spacial score (nSPS) is 12.9. The summed E-state index contributed by atoms with van der Waals surface area (Å²) in [5.74, 6) is -0.593. The number of amides is 1. The second-order valence-electron chi connectivity index (χ2n) is 9.40. The number of hydrogen-bond acceptors (Lipinski definition) is 5. The number of carbonyl (C=O) groups is 2. The first-order valence-corrected chi connectivity index (χ1v) is 13.4. The quantitative estimate of drug-likeness (QED) is 0.284. The highest BCUT2D eigenvalue weighted by atomic mass is 32.1. The second-order valence-corrected chi connectivity index (χ2v) is 10.5. The molecule has 2 aromatic heterocycles. The summed E-state index contributed by atoms with van der Waals surface area (Å²) in [7, 11) is 0. The molecule has 1 N–H and O–H groups in total. The molecule has 4 aromatic rings. The number of rotatable bonds is 6. The average molecular weight is 499 g/mol. The number of anilines is 1. The Bertz CT molecular complexity index is 1470. The molecule has 184 valence electrons. The number of aryl methyl sites for hydroxylation is 3. The van der Waals surface area contributed by atoms with Gasteiger partial charge in [-0.25, -0.2) is 9.78 Å². The molecule has 0 unspecified atom stereocenters. The Kier molecular flexibility index (Phi) is 6.88. The van der Waals surface area contributed by atoms with Crippen LogP contribution in [-0.2, 0) is 17.6 Å². The van der Waals surface area contributed by atoms with E-state index in [0.717, 1.165) is 65.4 Å². The van der Waals surface area contributed by atoms with Gasteiger partial charge >= 0.3 is 5.97 Å². The molecule has 1 aliphatic carbocycles. The van der Waals surface area contributed by atoms with E-state index < -0.39 is 0 Å². The van der Waals surface area contributed by atoms with Gasteiger partial charge in [-0.1, -0.05) is 48.9 Å². The highest BCUT2D eigenvalue weighted by Crippen LogP contribution is 2.39. The van der Waals surface area contributed by atoms with Crippen LogP contribution in [0.1, 0.15) is 68.5 Å². The Hall–Kier alpha value is -3.51. The minimum atomic E-state index is -0.345. The predicted molar refractivity (Wildman–Crippen MR) is 146 cm³/mol. The predicted octanol–water partition coefficient (Wildman–Crippen LogP) is 7.28. The van der Waals surface area contributed by atoms with Gasteiger partial charge in [0, 0.05) is 15.8 Å². The summed E-state index contributed by atoms with van der Waals surface area (Å²) in [5, 5.41) is 4.45. The van der Waals surface area contributed by atoms with Gasteiger partial charge in [-0.2, -0.15) is 0 Å². The Labute approximate surface area is 215 Å². The van der Waals surface area contributed by atoms with Gasteiger partial charge in [0.2, 0.25) is 0 Å². The van der Waals surface area contributed by atoms with Gasteiger partial charge in [-0.3, -0.25) is 4.79 Å². The Morgan fingerprint density at radius 2 is 1.86 bits per heavy atom. The van der Waals surface area contributed by atoms with Crippen molar-refractivity contribution in [2.45, 2.75) is 52.9 Å². The van der Waals surface area contributed by atoms with Crippen LogP contribution in [0.15, 0.2) is 48.5 Å². The molecular weight excluding hydrogens is 468 g/mol. The molecule has 1 amide bonds. The highest BCUT2D eigenvalue weighted by molar-refractivity contribution is 7.17. The fourth-order valence-electron chi connectivity index (χ4n) is 4.91. The number of ether oxygens (including phenoxy) is 1. The summed E-state index contributed by atoms with van der Waals surface area (Å²) < 4.78 is 5.51. The third-order valence-corrected chi connectivity index (χ3v) is 7.87. The lowest BCUT2D eigenvalue weighted by Crippen LogP contribution is -2.16. The van der Waals surface area contributed by atoms with Crippen molar-refractivity contribution < 1.29 is 14.3 Å². The van der Waals surface area contributed by atoms with E-state index in [1.807, 2.05) is 37.3 Å². The van der Waals surface area contributed by atoms with E-state index in [9.17, 15) is 9.59 Å². The molecule has 2 heterocycles. The Morgan fingerprint density at radius 3 is 2.67 bits per heavy atom. The second kappa shape index (κ2) is 10.2. The highest BCUT2D eigenvalue weighted by Gasteiger charge is 2.28.